The Labute approximate surface area is 103 Å². The smallest absolute Gasteiger partial charge is 0.372 e. The van der Waals surface area contributed by atoms with Gasteiger partial charge in [-0.05, 0) is 4.92 Å². The van der Waals surface area contributed by atoms with Crippen LogP contribution in [0.25, 0.3) is 4.96 Å². The van der Waals surface area contributed by atoms with Crippen LogP contribution in [-0.4, -0.2) is 38.5 Å². The van der Waals surface area contributed by atoms with Crippen molar-refractivity contribution in [3.05, 3.63) is 21.7 Å². The fraction of sp³-hybridized carbons (Fsp3) is 0.375. The second-order valence-electron chi connectivity index (χ2n) is 3.46. The van der Waals surface area contributed by atoms with Gasteiger partial charge >= 0.3 is 5.82 Å². The summed E-state index contributed by atoms with van der Waals surface area (Å²) in [5.41, 5.74) is 0. The fourth-order valence-corrected chi connectivity index (χ4v) is 2.04. The summed E-state index contributed by atoms with van der Waals surface area (Å²) in [4.78, 5) is 14.3. The molecule has 0 aliphatic rings. The minimum absolute atomic E-state index is 0.236. The molecule has 0 aliphatic carbocycles. The largest absolute Gasteiger partial charge is 0.390 e. The van der Waals surface area contributed by atoms with Crippen LogP contribution in [0.1, 0.15) is 0 Å². The Kier molecular flexibility index (Phi) is 3.13. The number of nitrogens with one attached hydrogen (secondary N) is 1. The van der Waals surface area contributed by atoms with Crippen LogP contribution in [0.4, 0.5) is 20.4 Å². The van der Waals surface area contributed by atoms with Crippen molar-refractivity contribution < 1.29 is 18.8 Å². The van der Waals surface area contributed by atoms with E-state index >= 15 is 0 Å². The number of anilines is 1. The zero-order chi connectivity index (χ0) is 13.3. The van der Waals surface area contributed by atoms with Crippen molar-refractivity contribution in [3.63, 3.8) is 0 Å². The van der Waals surface area contributed by atoms with Crippen molar-refractivity contribution in [2.45, 2.75) is 5.92 Å². The maximum Gasteiger partial charge on any atom is 0.372 e. The zero-order valence-corrected chi connectivity index (χ0v) is 9.65. The molecule has 0 saturated carbocycles. The molecule has 7 nitrogen and oxygen atoms in total. The third-order valence-electron chi connectivity index (χ3n) is 2.16. The number of hydrogen-bond acceptors (Lipinski definition) is 6. The maximum atomic E-state index is 12.8. The summed E-state index contributed by atoms with van der Waals surface area (Å²) < 4.78 is 26.9. The summed E-state index contributed by atoms with van der Waals surface area (Å²) in [6.45, 7) is -2.26. The van der Waals surface area contributed by atoms with Crippen molar-refractivity contribution in [2.24, 2.45) is 0 Å². The lowest BCUT2D eigenvalue weighted by atomic mass is 10.3. The van der Waals surface area contributed by atoms with E-state index in [1.165, 1.54) is 10.6 Å². The Morgan fingerprint density at radius 3 is 3.00 bits per heavy atom. The van der Waals surface area contributed by atoms with Gasteiger partial charge in [-0.25, -0.2) is 8.78 Å². The highest BCUT2D eigenvalue weighted by atomic mass is 32.1. The van der Waals surface area contributed by atoms with Gasteiger partial charge in [0, 0.05) is 5.38 Å². The predicted molar refractivity (Wildman–Crippen MR) is 60.2 cm³/mol. The first-order valence-corrected chi connectivity index (χ1v) is 5.65. The number of hydrogen-bond donors (Lipinski definition) is 2. The molecule has 10 heteroatoms. The SMILES string of the molecule is O=[N+]([O-])c1c(NCC(F)(F)CO)nc2sccn12. The summed E-state index contributed by atoms with van der Waals surface area (Å²) in [6, 6.07) is 0. The molecule has 0 amide bonds. The molecule has 0 unspecified atom stereocenters. The molecule has 0 aromatic carbocycles. The van der Waals surface area contributed by atoms with Gasteiger partial charge in [0.25, 0.3) is 10.9 Å². The average molecular weight is 278 g/mol. The third-order valence-corrected chi connectivity index (χ3v) is 2.91. The van der Waals surface area contributed by atoms with Gasteiger partial charge in [0.2, 0.25) is 5.82 Å². The zero-order valence-electron chi connectivity index (χ0n) is 8.84. The molecule has 0 atom stereocenters. The van der Waals surface area contributed by atoms with Crippen molar-refractivity contribution in [1.82, 2.24) is 9.38 Å². The van der Waals surface area contributed by atoms with E-state index in [2.05, 4.69) is 10.3 Å². The third kappa shape index (κ3) is 2.24. The molecule has 0 saturated heterocycles. The average Bonchev–Trinajstić information content (AvgIpc) is 2.85. The van der Waals surface area contributed by atoms with Gasteiger partial charge in [0.05, 0.1) is 6.54 Å². The van der Waals surface area contributed by atoms with E-state index in [1.807, 2.05) is 0 Å². The van der Waals surface area contributed by atoms with Gasteiger partial charge in [0.15, 0.2) is 0 Å². The molecule has 18 heavy (non-hydrogen) atoms. The molecule has 0 bridgehead atoms. The monoisotopic (exact) mass is 278 g/mol. The van der Waals surface area contributed by atoms with E-state index in [9.17, 15) is 18.9 Å². The van der Waals surface area contributed by atoms with E-state index in [-0.39, 0.29) is 5.82 Å². The summed E-state index contributed by atoms with van der Waals surface area (Å²) in [5.74, 6) is -4.00. The van der Waals surface area contributed by atoms with Crippen molar-refractivity contribution in [2.75, 3.05) is 18.5 Å². The number of nitrogens with zero attached hydrogens (tertiary/aromatic N) is 3. The molecular formula is C8H8F2N4O3S. The Morgan fingerprint density at radius 2 is 2.39 bits per heavy atom. The van der Waals surface area contributed by atoms with Gasteiger partial charge in [-0.3, -0.25) is 0 Å². The number of halogens is 2. The number of aliphatic hydroxyl groups is 1. The first-order chi connectivity index (χ1) is 8.44. The second kappa shape index (κ2) is 4.46. The molecule has 2 aromatic heterocycles. The van der Waals surface area contributed by atoms with Crippen LogP contribution in [0, 0.1) is 10.1 Å². The molecular weight excluding hydrogens is 270 g/mol. The van der Waals surface area contributed by atoms with E-state index in [0.717, 1.165) is 11.3 Å². The van der Waals surface area contributed by atoms with Crippen molar-refractivity contribution in [1.29, 1.82) is 0 Å². The number of nitro groups is 1. The van der Waals surface area contributed by atoms with Crippen molar-refractivity contribution in [3.8, 4) is 0 Å². The molecule has 0 aliphatic heterocycles. The number of aromatic nitrogens is 2. The Hall–Kier alpha value is -1.81. The minimum Gasteiger partial charge on any atom is -0.390 e. The topological polar surface area (TPSA) is 92.7 Å². The highest BCUT2D eigenvalue weighted by Gasteiger charge is 2.30. The van der Waals surface area contributed by atoms with E-state index < -0.39 is 29.8 Å². The van der Waals surface area contributed by atoms with Crippen LogP contribution in [0.3, 0.4) is 0 Å². The lowest BCUT2D eigenvalue weighted by molar-refractivity contribution is -0.389. The summed E-state index contributed by atoms with van der Waals surface area (Å²) >= 11 is 1.15. The Morgan fingerprint density at radius 1 is 1.67 bits per heavy atom. The molecule has 0 spiro atoms. The molecule has 98 valence electrons. The van der Waals surface area contributed by atoms with Gasteiger partial charge in [-0.1, -0.05) is 11.3 Å². The maximum absolute atomic E-state index is 12.8. The standard InChI is InChI=1S/C8H8F2N4O3S/c9-8(10,4-15)3-11-5-6(14(16)17)13-1-2-18-7(13)12-5/h1-2,11,15H,3-4H2. The lowest BCUT2D eigenvalue weighted by Gasteiger charge is -2.13. The first-order valence-electron chi connectivity index (χ1n) is 4.77. The lowest BCUT2D eigenvalue weighted by Crippen LogP contribution is -2.31. The Bertz CT molecular complexity index is 582. The van der Waals surface area contributed by atoms with E-state index in [0.29, 0.717) is 4.96 Å². The quantitative estimate of drug-likeness (QED) is 0.636. The summed E-state index contributed by atoms with van der Waals surface area (Å²) in [5, 5.41) is 23.0. The van der Waals surface area contributed by atoms with Gasteiger partial charge in [-0.15, -0.1) is 0 Å². The first kappa shape index (κ1) is 12.6. The molecule has 2 N–H and O–H groups in total. The number of fused-ring (bicyclic) bond motifs is 1. The van der Waals surface area contributed by atoms with Crippen LogP contribution in [0.5, 0.6) is 0 Å². The fourth-order valence-electron chi connectivity index (χ4n) is 1.34. The Balaban J connectivity index is 2.30. The summed E-state index contributed by atoms with van der Waals surface area (Å²) in [6.07, 6.45) is 1.43. The predicted octanol–water partition coefficient (Wildman–Crippen LogP) is 1.34. The number of rotatable bonds is 5. The van der Waals surface area contributed by atoms with Crippen LogP contribution in [0.15, 0.2) is 11.6 Å². The van der Waals surface area contributed by atoms with Gasteiger partial charge in [-0.2, -0.15) is 9.38 Å². The van der Waals surface area contributed by atoms with Crippen LogP contribution >= 0.6 is 11.3 Å². The van der Waals surface area contributed by atoms with Crippen LogP contribution in [0.2, 0.25) is 0 Å². The normalized spacial score (nSPS) is 11.9. The highest BCUT2D eigenvalue weighted by Crippen LogP contribution is 2.28. The highest BCUT2D eigenvalue weighted by molar-refractivity contribution is 7.15. The van der Waals surface area contributed by atoms with Gasteiger partial charge < -0.3 is 20.5 Å². The molecule has 0 radical (unpaired) electrons. The van der Waals surface area contributed by atoms with Crippen molar-refractivity contribution >= 4 is 27.9 Å². The number of thiazole rings is 1. The van der Waals surface area contributed by atoms with Crippen LogP contribution in [-0.2, 0) is 0 Å². The molecule has 2 rings (SSSR count). The number of alkyl halides is 2. The molecule has 0 fully saturated rings. The van der Waals surface area contributed by atoms with Gasteiger partial charge in [0.1, 0.15) is 12.8 Å². The number of imidazole rings is 1. The van der Waals surface area contributed by atoms with E-state index in [1.54, 1.807) is 5.38 Å². The minimum atomic E-state index is -3.36. The molecule has 2 heterocycles. The van der Waals surface area contributed by atoms with Crippen LogP contribution < -0.4 is 5.32 Å². The second-order valence-corrected chi connectivity index (χ2v) is 4.34. The van der Waals surface area contributed by atoms with E-state index in [4.69, 9.17) is 5.11 Å². The molecule has 2 aromatic rings. The summed E-state index contributed by atoms with van der Waals surface area (Å²) in [7, 11) is 0. The number of aliphatic hydroxyl groups excluding tert-OH is 1.